The SMILES string of the molecule is CC1(NCc2ccc(N3CCOCC3)cc2)CCCOC1. The van der Waals surface area contributed by atoms with Crippen molar-refractivity contribution in [3.05, 3.63) is 29.8 Å². The third-order valence-electron chi connectivity index (χ3n) is 4.47. The Kier molecular flexibility index (Phi) is 4.78. The molecule has 0 aromatic heterocycles. The molecule has 2 aliphatic heterocycles. The molecule has 1 aromatic carbocycles. The van der Waals surface area contributed by atoms with Crippen LogP contribution in [-0.4, -0.2) is 45.1 Å². The number of benzene rings is 1. The van der Waals surface area contributed by atoms with Crippen molar-refractivity contribution >= 4 is 5.69 Å². The van der Waals surface area contributed by atoms with Crippen LogP contribution in [0.4, 0.5) is 5.69 Å². The molecule has 1 aromatic rings. The van der Waals surface area contributed by atoms with E-state index < -0.39 is 0 Å². The summed E-state index contributed by atoms with van der Waals surface area (Å²) in [5, 5.41) is 3.65. The van der Waals surface area contributed by atoms with Crippen LogP contribution < -0.4 is 10.2 Å². The number of hydrogen-bond donors (Lipinski definition) is 1. The van der Waals surface area contributed by atoms with Gasteiger partial charge in [-0.1, -0.05) is 12.1 Å². The summed E-state index contributed by atoms with van der Waals surface area (Å²) in [4.78, 5) is 2.39. The first-order chi connectivity index (χ1) is 10.3. The molecule has 2 fully saturated rings. The van der Waals surface area contributed by atoms with Crippen molar-refractivity contribution in [1.82, 2.24) is 5.32 Å². The Hall–Kier alpha value is -1.10. The molecule has 0 saturated carbocycles. The van der Waals surface area contributed by atoms with Crippen LogP contribution in [0.15, 0.2) is 24.3 Å². The molecule has 0 aliphatic carbocycles. The van der Waals surface area contributed by atoms with Gasteiger partial charge in [-0.25, -0.2) is 0 Å². The minimum Gasteiger partial charge on any atom is -0.380 e. The van der Waals surface area contributed by atoms with Crippen molar-refractivity contribution in [2.45, 2.75) is 31.8 Å². The van der Waals surface area contributed by atoms with E-state index in [4.69, 9.17) is 9.47 Å². The highest BCUT2D eigenvalue weighted by atomic mass is 16.5. The van der Waals surface area contributed by atoms with E-state index in [1.165, 1.54) is 17.7 Å². The zero-order valence-corrected chi connectivity index (χ0v) is 12.9. The first kappa shape index (κ1) is 14.8. The van der Waals surface area contributed by atoms with Crippen molar-refractivity contribution in [3.63, 3.8) is 0 Å². The monoisotopic (exact) mass is 290 g/mol. The van der Waals surface area contributed by atoms with E-state index in [-0.39, 0.29) is 5.54 Å². The second-order valence-electron chi connectivity index (χ2n) is 6.34. The van der Waals surface area contributed by atoms with Gasteiger partial charge >= 0.3 is 0 Å². The van der Waals surface area contributed by atoms with E-state index in [9.17, 15) is 0 Å². The Morgan fingerprint density at radius 1 is 1.10 bits per heavy atom. The number of rotatable bonds is 4. The standard InChI is InChI=1S/C17H26N2O2/c1-17(7-2-10-21-14-17)18-13-15-3-5-16(6-4-15)19-8-11-20-12-9-19/h3-6,18H,2,7-14H2,1H3. The predicted octanol–water partition coefficient (Wildman–Crippen LogP) is 2.18. The van der Waals surface area contributed by atoms with E-state index in [2.05, 4.69) is 41.4 Å². The van der Waals surface area contributed by atoms with Crippen LogP contribution in [0.2, 0.25) is 0 Å². The minimum atomic E-state index is 0.126. The zero-order valence-electron chi connectivity index (χ0n) is 12.9. The largest absolute Gasteiger partial charge is 0.380 e. The molecule has 3 rings (SSSR count). The summed E-state index contributed by atoms with van der Waals surface area (Å²) in [5.41, 5.74) is 2.76. The fourth-order valence-electron chi connectivity index (χ4n) is 3.04. The Balaban J connectivity index is 1.54. The lowest BCUT2D eigenvalue weighted by atomic mass is 9.94. The van der Waals surface area contributed by atoms with Crippen LogP contribution in [0.1, 0.15) is 25.3 Å². The summed E-state index contributed by atoms with van der Waals surface area (Å²) in [7, 11) is 0. The van der Waals surface area contributed by atoms with Gasteiger partial charge in [0.25, 0.3) is 0 Å². The highest BCUT2D eigenvalue weighted by Gasteiger charge is 2.26. The van der Waals surface area contributed by atoms with Crippen LogP contribution in [0, 0.1) is 0 Å². The fourth-order valence-corrected chi connectivity index (χ4v) is 3.04. The number of ether oxygens (including phenoxy) is 2. The highest BCUT2D eigenvalue weighted by molar-refractivity contribution is 5.47. The van der Waals surface area contributed by atoms with Gasteiger partial charge in [-0.2, -0.15) is 0 Å². The Morgan fingerprint density at radius 2 is 1.86 bits per heavy atom. The van der Waals surface area contributed by atoms with Gasteiger partial charge in [-0.3, -0.25) is 0 Å². The topological polar surface area (TPSA) is 33.7 Å². The molecule has 2 aliphatic rings. The van der Waals surface area contributed by atoms with Gasteiger partial charge in [-0.15, -0.1) is 0 Å². The summed E-state index contributed by atoms with van der Waals surface area (Å²) in [6, 6.07) is 8.90. The average Bonchev–Trinajstić information content (AvgIpc) is 2.55. The minimum absolute atomic E-state index is 0.126. The third kappa shape index (κ3) is 3.96. The van der Waals surface area contributed by atoms with E-state index in [1.807, 2.05) is 0 Å². The summed E-state index contributed by atoms with van der Waals surface area (Å²) >= 11 is 0. The summed E-state index contributed by atoms with van der Waals surface area (Å²) in [5.74, 6) is 0. The van der Waals surface area contributed by atoms with Crippen molar-refractivity contribution in [1.29, 1.82) is 0 Å². The van der Waals surface area contributed by atoms with E-state index >= 15 is 0 Å². The van der Waals surface area contributed by atoms with Crippen LogP contribution in [0.25, 0.3) is 0 Å². The van der Waals surface area contributed by atoms with Crippen molar-refractivity contribution in [2.75, 3.05) is 44.4 Å². The van der Waals surface area contributed by atoms with Crippen LogP contribution in [-0.2, 0) is 16.0 Å². The molecule has 1 unspecified atom stereocenters. The molecule has 0 radical (unpaired) electrons. The maximum atomic E-state index is 5.59. The second-order valence-corrected chi connectivity index (χ2v) is 6.34. The van der Waals surface area contributed by atoms with Gasteiger partial charge < -0.3 is 19.7 Å². The zero-order chi connectivity index (χ0) is 14.5. The van der Waals surface area contributed by atoms with E-state index in [1.54, 1.807) is 0 Å². The quantitative estimate of drug-likeness (QED) is 0.921. The van der Waals surface area contributed by atoms with Gasteiger partial charge in [0.15, 0.2) is 0 Å². The first-order valence-electron chi connectivity index (χ1n) is 8.00. The molecule has 2 saturated heterocycles. The molecule has 116 valence electrons. The van der Waals surface area contributed by atoms with Gasteiger partial charge in [0.2, 0.25) is 0 Å². The molecule has 21 heavy (non-hydrogen) atoms. The van der Waals surface area contributed by atoms with Crippen LogP contribution in [0.5, 0.6) is 0 Å². The molecule has 4 nitrogen and oxygen atoms in total. The number of morpholine rings is 1. The lowest BCUT2D eigenvalue weighted by Crippen LogP contribution is -2.48. The summed E-state index contributed by atoms with van der Waals surface area (Å²) in [6.45, 7) is 8.55. The molecular weight excluding hydrogens is 264 g/mol. The van der Waals surface area contributed by atoms with Crippen LogP contribution in [0.3, 0.4) is 0 Å². The molecule has 0 amide bonds. The fraction of sp³-hybridized carbons (Fsp3) is 0.647. The molecule has 1 atom stereocenters. The van der Waals surface area contributed by atoms with Crippen molar-refractivity contribution in [3.8, 4) is 0 Å². The Labute approximate surface area is 127 Å². The maximum absolute atomic E-state index is 5.59. The smallest absolute Gasteiger partial charge is 0.0645 e. The Morgan fingerprint density at radius 3 is 2.52 bits per heavy atom. The molecular formula is C17H26N2O2. The molecule has 4 heteroatoms. The van der Waals surface area contributed by atoms with Crippen LogP contribution >= 0.6 is 0 Å². The first-order valence-corrected chi connectivity index (χ1v) is 8.00. The molecule has 2 heterocycles. The lowest BCUT2D eigenvalue weighted by molar-refractivity contribution is 0.0278. The van der Waals surface area contributed by atoms with Gasteiger partial charge in [0, 0.05) is 37.5 Å². The third-order valence-corrected chi connectivity index (χ3v) is 4.47. The van der Waals surface area contributed by atoms with E-state index in [0.717, 1.165) is 52.5 Å². The lowest BCUT2D eigenvalue weighted by Gasteiger charge is -2.34. The van der Waals surface area contributed by atoms with Crippen molar-refractivity contribution in [2.24, 2.45) is 0 Å². The average molecular weight is 290 g/mol. The summed E-state index contributed by atoms with van der Waals surface area (Å²) < 4.78 is 11.0. The number of nitrogens with one attached hydrogen (secondary N) is 1. The van der Waals surface area contributed by atoms with Gasteiger partial charge in [-0.05, 0) is 37.5 Å². The number of anilines is 1. The maximum Gasteiger partial charge on any atom is 0.0645 e. The predicted molar refractivity (Wildman–Crippen MR) is 84.8 cm³/mol. The summed E-state index contributed by atoms with van der Waals surface area (Å²) in [6.07, 6.45) is 2.35. The number of hydrogen-bond acceptors (Lipinski definition) is 4. The highest BCUT2D eigenvalue weighted by Crippen LogP contribution is 2.20. The second kappa shape index (κ2) is 6.77. The molecule has 0 bridgehead atoms. The van der Waals surface area contributed by atoms with Gasteiger partial charge in [0.1, 0.15) is 0 Å². The molecule has 0 spiro atoms. The van der Waals surface area contributed by atoms with Gasteiger partial charge in [0.05, 0.1) is 19.8 Å². The Bertz CT molecular complexity index is 435. The van der Waals surface area contributed by atoms with E-state index in [0.29, 0.717) is 0 Å². The van der Waals surface area contributed by atoms with Crippen molar-refractivity contribution < 1.29 is 9.47 Å². The normalized spacial score (nSPS) is 26.8. The number of nitrogens with zero attached hydrogens (tertiary/aromatic N) is 1. The molecule has 1 N–H and O–H groups in total.